The predicted molar refractivity (Wildman–Crippen MR) is 54.6 cm³/mol. The minimum atomic E-state index is -1.34. The van der Waals surface area contributed by atoms with Gasteiger partial charge < -0.3 is 29.9 Å². The van der Waals surface area contributed by atoms with Crippen LogP contribution in [0.5, 0.6) is 0 Å². The molecule has 5 atom stereocenters. The third-order valence-electron chi connectivity index (χ3n) is 2.46. The summed E-state index contributed by atoms with van der Waals surface area (Å²) >= 11 is 0. The number of rotatable bonds is 4. The Bertz CT molecular complexity index is 209. The summed E-state index contributed by atoms with van der Waals surface area (Å²) < 4.78 is 10.2. The quantitative estimate of drug-likeness (QED) is 0.472. The lowest BCUT2D eigenvalue weighted by atomic mass is 9.99. The monoisotopic (exact) mass is 236 g/mol. The van der Waals surface area contributed by atoms with Crippen molar-refractivity contribution in [3.63, 3.8) is 0 Å². The van der Waals surface area contributed by atoms with Gasteiger partial charge in [-0.2, -0.15) is 0 Å². The minimum Gasteiger partial charge on any atom is -0.394 e. The molecule has 1 saturated heterocycles. The van der Waals surface area contributed by atoms with Gasteiger partial charge in [0.2, 0.25) is 0 Å². The van der Waals surface area contributed by atoms with Crippen molar-refractivity contribution in [3.8, 4) is 0 Å². The van der Waals surface area contributed by atoms with Crippen molar-refractivity contribution in [3.05, 3.63) is 0 Å². The maximum Gasteiger partial charge on any atom is 0.184 e. The number of aliphatic hydroxyl groups excluding tert-OH is 4. The molecule has 0 unspecified atom stereocenters. The predicted octanol–water partition coefficient (Wildman–Crippen LogP) is -1.54. The van der Waals surface area contributed by atoms with Crippen molar-refractivity contribution in [2.45, 2.75) is 44.6 Å². The molecule has 0 bridgehead atoms. The summed E-state index contributed by atoms with van der Waals surface area (Å²) in [6.45, 7) is 3.73. The molecule has 1 heterocycles. The van der Waals surface area contributed by atoms with Crippen molar-refractivity contribution >= 4 is 0 Å². The van der Waals surface area contributed by atoms with E-state index >= 15 is 0 Å². The summed E-state index contributed by atoms with van der Waals surface area (Å²) in [6.07, 6.45) is -5.83. The van der Waals surface area contributed by atoms with Crippen molar-refractivity contribution in [2.75, 3.05) is 13.2 Å². The average molecular weight is 236 g/mol. The summed E-state index contributed by atoms with van der Waals surface area (Å²) in [6, 6.07) is 0. The first-order valence-electron chi connectivity index (χ1n) is 5.39. The molecule has 1 aliphatic rings. The van der Waals surface area contributed by atoms with Gasteiger partial charge in [-0.15, -0.1) is 0 Å². The highest BCUT2D eigenvalue weighted by molar-refractivity contribution is 4.89. The topological polar surface area (TPSA) is 99.4 Å². The molecule has 16 heavy (non-hydrogen) atoms. The molecule has 4 N–H and O–H groups in total. The third kappa shape index (κ3) is 3.13. The van der Waals surface area contributed by atoms with Crippen LogP contribution < -0.4 is 0 Å². The molecule has 0 saturated carbocycles. The van der Waals surface area contributed by atoms with E-state index < -0.39 is 37.3 Å². The highest BCUT2D eigenvalue weighted by Gasteiger charge is 2.44. The molecule has 6 nitrogen and oxygen atoms in total. The Hall–Kier alpha value is -0.240. The van der Waals surface area contributed by atoms with Crippen molar-refractivity contribution < 1.29 is 29.9 Å². The van der Waals surface area contributed by atoms with E-state index in [0.717, 1.165) is 0 Å². The zero-order chi connectivity index (χ0) is 12.3. The Morgan fingerprint density at radius 2 is 1.81 bits per heavy atom. The van der Waals surface area contributed by atoms with Gasteiger partial charge in [-0.1, -0.05) is 13.8 Å². The van der Waals surface area contributed by atoms with E-state index in [0.29, 0.717) is 6.61 Å². The molecular weight excluding hydrogens is 216 g/mol. The summed E-state index contributed by atoms with van der Waals surface area (Å²) in [5.74, 6) is 0.243. The Balaban J connectivity index is 2.57. The van der Waals surface area contributed by atoms with Crippen LogP contribution in [0.3, 0.4) is 0 Å². The molecular formula is C10H20O6. The van der Waals surface area contributed by atoms with Gasteiger partial charge in [0.05, 0.1) is 6.61 Å². The SMILES string of the molecule is CC(C)CO[C@@H]1[C@@H](O)[C@@H](O)[C@@H](CO)O[C@H]1O. The van der Waals surface area contributed by atoms with Gasteiger partial charge >= 0.3 is 0 Å². The molecule has 0 aromatic rings. The van der Waals surface area contributed by atoms with Crippen molar-refractivity contribution in [1.29, 1.82) is 0 Å². The lowest BCUT2D eigenvalue weighted by molar-refractivity contribution is -0.297. The van der Waals surface area contributed by atoms with Gasteiger partial charge in [0, 0.05) is 6.61 Å². The largest absolute Gasteiger partial charge is 0.394 e. The van der Waals surface area contributed by atoms with Gasteiger partial charge in [0.1, 0.15) is 24.4 Å². The van der Waals surface area contributed by atoms with E-state index in [1.807, 2.05) is 13.8 Å². The molecule has 0 amide bonds. The van der Waals surface area contributed by atoms with Crippen molar-refractivity contribution in [1.82, 2.24) is 0 Å². The summed E-state index contributed by atoms with van der Waals surface area (Å²) in [7, 11) is 0. The van der Waals surface area contributed by atoms with Gasteiger partial charge in [-0.05, 0) is 5.92 Å². The van der Waals surface area contributed by atoms with Gasteiger partial charge in [-0.3, -0.25) is 0 Å². The van der Waals surface area contributed by atoms with Crippen LogP contribution in [0.25, 0.3) is 0 Å². The summed E-state index contributed by atoms with van der Waals surface area (Å²) in [5.41, 5.74) is 0. The zero-order valence-corrected chi connectivity index (χ0v) is 9.48. The van der Waals surface area contributed by atoms with Gasteiger partial charge in [0.15, 0.2) is 6.29 Å². The molecule has 1 fully saturated rings. The Morgan fingerprint density at radius 3 is 2.31 bits per heavy atom. The van der Waals surface area contributed by atoms with Crippen LogP contribution in [0.1, 0.15) is 13.8 Å². The van der Waals surface area contributed by atoms with E-state index in [-0.39, 0.29) is 5.92 Å². The summed E-state index contributed by atoms with van der Waals surface area (Å²) in [5, 5.41) is 37.7. The second-order valence-corrected chi connectivity index (χ2v) is 4.42. The number of hydrogen-bond donors (Lipinski definition) is 4. The maximum absolute atomic E-state index is 9.70. The molecule has 1 aliphatic heterocycles. The lowest BCUT2D eigenvalue weighted by Crippen LogP contribution is -2.59. The zero-order valence-electron chi connectivity index (χ0n) is 9.48. The van der Waals surface area contributed by atoms with Gasteiger partial charge in [-0.25, -0.2) is 0 Å². The fraction of sp³-hybridized carbons (Fsp3) is 1.00. The molecule has 0 aliphatic carbocycles. The number of aliphatic hydroxyl groups is 4. The average Bonchev–Trinajstić information content (AvgIpc) is 2.22. The molecule has 0 aromatic heterocycles. The van der Waals surface area contributed by atoms with Crippen LogP contribution in [0.15, 0.2) is 0 Å². The number of ether oxygens (including phenoxy) is 2. The fourth-order valence-electron chi connectivity index (χ4n) is 1.56. The smallest absolute Gasteiger partial charge is 0.184 e. The molecule has 96 valence electrons. The first kappa shape index (κ1) is 13.8. The first-order valence-corrected chi connectivity index (χ1v) is 5.39. The van der Waals surface area contributed by atoms with Crippen LogP contribution in [0, 0.1) is 5.92 Å². The van der Waals surface area contributed by atoms with E-state index in [4.69, 9.17) is 14.6 Å². The van der Waals surface area contributed by atoms with Gasteiger partial charge in [0.25, 0.3) is 0 Å². The standard InChI is InChI=1S/C10H20O6/c1-5(2)4-15-9-8(13)7(12)6(3-11)16-10(9)14/h5-14H,3-4H2,1-2H3/t6-,7+,8+,9-,10-/m1/s1. The Labute approximate surface area is 94.4 Å². The second-order valence-electron chi connectivity index (χ2n) is 4.42. The van der Waals surface area contributed by atoms with E-state index in [1.165, 1.54) is 0 Å². The second kappa shape index (κ2) is 5.90. The van der Waals surface area contributed by atoms with E-state index in [9.17, 15) is 15.3 Å². The first-order chi connectivity index (χ1) is 7.47. The molecule has 1 rings (SSSR count). The molecule has 6 heteroatoms. The van der Waals surface area contributed by atoms with Crippen LogP contribution in [-0.4, -0.2) is 64.3 Å². The highest BCUT2D eigenvalue weighted by atomic mass is 16.7. The van der Waals surface area contributed by atoms with Crippen LogP contribution in [0.2, 0.25) is 0 Å². The lowest BCUT2D eigenvalue weighted by Gasteiger charge is -2.40. The number of hydrogen-bond acceptors (Lipinski definition) is 6. The third-order valence-corrected chi connectivity index (χ3v) is 2.46. The van der Waals surface area contributed by atoms with Crippen LogP contribution in [0.4, 0.5) is 0 Å². The summed E-state index contributed by atoms with van der Waals surface area (Å²) in [4.78, 5) is 0. The molecule has 0 spiro atoms. The van der Waals surface area contributed by atoms with Crippen LogP contribution in [-0.2, 0) is 9.47 Å². The molecule has 0 aromatic carbocycles. The molecule has 0 radical (unpaired) electrons. The van der Waals surface area contributed by atoms with E-state index in [2.05, 4.69) is 0 Å². The Kier molecular flexibility index (Phi) is 5.10. The maximum atomic E-state index is 9.70. The fourth-order valence-corrected chi connectivity index (χ4v) is 1.56. The Morgan fingerprint density at radius 1 is 1.19 bits per heavy atom. The van der Waals surface area contributed by atoms with Crippen molar-refractivity contribution in [2.24, 2.45) is 5.92 Å². The normalized spacial score (nSPS) is 40.3. The van der Waals surface area contributed by atoms with E-state index in [1.54, 1.807) is 0 Å². The van der Waals surface area contributed by atoms with Crippen LogP contribution >= 0.6 is 0 Å². The highest BCUT2D eigenvalue weighted by Crippen LogP contribution is 2.22. The minimum absolute atomic E-state index is 0.243.